The molecule has 1 saturated heterocycles. The molecule has 1 fully saturated rings. The van der Waals surface area contributed by atoms with E-state index in [1.54, 1.807) is 25.1 Å². The molecule has 25 heavy (non-hydrogen) atoms. The molecule has 0 saturated carbocycles. The van der Waals surface area contributed by atoms with Crippen molar-refractivity contribution >= 4 is 57.9 Å². The number of hydrogen-bond acceptors (Lipinski definition) is 6. The summed E-state index contributed by atoms with van der Waals surface area (Å²) in [5.41, 5.74) is 0.632. The first-order valence-corrected chi connectivity index (χ1v) is 9.03. The van der Waals surface area contributed by atoms with E-state index in [2.05, 4.69) is 0 Å². The van der Waals surface area contributed by atoms with Gasteiger partial charge in [0, 0.05) is 6.54 Å². The highest BCUT2D eigenvalue weighted by atomic mass is 35.5. The SMILES string of the molecule is CCOc1cc(/C=C2\SC(=S)N(CC)C2=O)cc(Cl)c1OCC(=O)O. The largest absolute Gasteiger partial charge is 0.490 e. The van der Waals surface area contributed by atoms with Crippen molar-refractivity contribution in [1.82, 2.24) is 4.90 Å². The zero-order valence-electron chi connectivity index (χ0n) is 13.6. The number of amides is 1. The van der Waals surface area contributed by atoms with Crippen LogP contribution in [0.3, 0.4) is 0 Å². The molecule has 1 aliphatic heterocycles. The normalized spacial score (nSPS) is 15.8. The number of hydrogen-bond donors (Lipinski definition) is 1. The molecule has 1 amide bonds. The second-order valence-corrected chi connectivity index (χ2v) is 6.95. The molecular formula is C16H16ClNO5S2. The van der Waals surface area contributed by atoms with Crippen molar-refractivity contribution in [3.8, 4) is 11.5 Å². The van der Waals surface area contributed by atoms with Gasteiger partial charge in [0.1, 0.15) is 4.32 Å². The maximum absolute atomic E-state index is 12.3. The van der Waals surface area contributed by atoms with Crippen molar-refractivity contribution < 1.29 is 24.2 Å². The summed E-state index contributed by atoms with van der Waals surface area (Å²) in [6, 6.07) is 3.23. The van der Waals surface area contributed by atoms with E-state index in [4.69, 9.17) is 38.4 Å². The van der Waals surface area contributed by atoms with Crippen LogP contribution in [-0.2, 0) is 9.59 Å². The standard InChI is InChI=1S/C16H16ClNO5S2/c1-3-18-15(21)12(25-16(18)24)7-9-5-10(17)14(23-8-13(19)20)11(6-9)22-4-2/h5-7H,3-4,8H2,1-2H3,(H,19,20)/b12-7-. The van der Waals surface area contributed by atoms with E-state index in [0.717, 1.165) is 0 Å². The van der Waals surface area contributed by atoms with Gasteiger partial charge >= 0.3 is 5.97 Å². The lowest BCUT2D eigenvalue weighted by Gasteiger charge is -2.13. The molecule has 0 aliphatic carbocycles. The van der Waals surface area contributed by atoms with E-state index in [0.29, 0.717) is 33.7 Å². The third-order valence-corrected chi connectivity index (χ3v) is 4.82. The fourth-order valence-corrected chi connectivity index (χ4v) is 3.79. The molecule has 0 aromatic heterocycles. The fraction of sp³-hybridized carbons (Fsp3) is 0.312. The minimum atomic E-state index is -1.12. The second-order valence-electron chi connectivity index (χ2n) is 4.87. The lowest BCUT2D eigenvalue weighted by atomic mass is 10.1. The lowest BCUT2D eigenvalue weighted by Crippen LogP contribution is -2.27. The number of nitrogens with zero attached hydrogens (tertiary/aromatic N) is 1. The molecular weight excluding hydrogens is 386 g/mol. The van der Waals surface area contributed by atoms with E-state index in [9.17, 15) is 9.59 Å². The number of ether oxygens (including phenoxy) is 2. The van der Waals surface area contributed by atoms with Crippen LogP contribution < -0.4 is 9.47 Å². The van der Waals surface area contributed by atoms with Gasteiger partial charge in [-0.05, 0) is 37.6 Å². The number of thioether (sulfide) groups is 1. The molecule has 0 atom stereocenters. The maximum Gasteiger partial charge on any atom is 0.341 e. The van der Waals surface area contributed by atoms with E-state index in [-0.39, 0.29) is 16.7 Å². The topological polar surface area (TPSA) is 76.1 Å². The van der Waals surface area contributed by atoms with Crippen molar-refractivity contribution in [2.75, 3.05) is 19.8 Å². The number of rotatable bonds is 7. The zero-order chi connectivity index (χ0) is 18.6. The smallest absolute Gasteiger partial charge is 0.341 e. The van der Waals surface area contributed by atoms with Crippen LogP contribution in [0.25, 0.3) is 6.08 Å². The van der Waals surface area contributed by atoms with Crippen LogP contribution in [0.5, 0.6) is 11.5 Å². The first-order valence-electron chi connectivity index (χ1n) is 7.43. The van der Waals surface area contributed by atoms with Crippen molar-refractivity contribution in [2.24, 2.45) is 0 Å². The fourth-order valence-electron chi connectivity index (χ4n) is 2.13. The van der Waals surface area contributed by atoms with Crippen molar-refractivity contribution in [1.29, 1.82) is 0 Å². The van der Waals surface area contributed by atoms with Crippen LogP contribution in [0.15, 0.2) is 17.0 Å². The molecule has 0 spiro atoms. The molecule has 1 heterocycles. The van der Waals surface area contributed by atoms with Crippen LogP contribution in [0.2, 0.25) is 5.02 Å². The Labute approximate surface area is 159 Å². The van der Waals surface area contributed by atoms with Gasteiger partial charge in [-0.25, -0.2) is 4.79 Å². The number of halogens is 1. The van der Waals surface area contributed by atoms with Gasteiger partial charge in [0.25, 0.3) is 5.91 Å². The minimum Gasteiger partial charge on any atom is -0.490 e. The Hall–Kier alpha value is -1.77. The summed E-state index contributed by atoms with van der Waals surface area (Å²) in [6.45, 7) is 3.96. The number of carbonyl (C=O) groups is 2. The number of benzene rings is 1. The first kappa shape index (κ1) is 19.6. The van der Waals surface area contributed by atoms with Gasteiger partial charge in [-0.15, -0.1) is 0 Å². The first-order chi connectivity index (χ1) is 11.9. The highest BCUT2D eigenvalue weighted by Gasteiger charge is 2.30. The number of likely N-dealkylation sites (N-methyl/N-ethyl adjacent to an activating group) is 1. The summed E-state index contributed by atoms with van der Waals surface area (Å²) in [5.74, 6) is -0.804. The molecule has 2 rings (SSSR count). The number of carbonyl (C=O) groups excluding carboxylic acids is 1. The molecule has 1 aromatic carbocycles. The summed E-state index contributed by atoms with van der Waals surface area (Å²) in [4.78, 5) is 25.0. The predicted octanol–water partition coefficient (Wildman–Crippen LogP) is 3.42. The highest BCUT2D eigenvalue weighted by molar-refractivity contribution is 8.26. The summed E-state index contributed by atoms with van der Waals surface area (Å²) in [6.07, 6.45) is 1.67. The number of aliphatic carboxylic acids is 1. The predicted molar refractivity (Wildman–Crippen MR) is 101 cm³/mol. The molecule has 134 valence electrons. The van der Waals surface area contributed by atoms with Crippen LogP contribution in [0, 0.1) is 0 Å². The van der Waals surface area contributed by atoms with Gasteiger partial charge in [0.15, 0.2) is 18.1 Å². The Balaban J connectivity index is 2.36. The average Bonchev–Trinajstić information content (AvgIpc) is 2.80. The minimum absolute atomic E-state index is 0.155. The third kappa shape index (κ3) is 4.65. The Morgan fingerprint density at radius 1 is 1.40 bits per heavy atom. The summed E-state index contributed by atoms with van der Waals surface area (Å²) >= 11 is 12.6. The average molecular weight is 402 g/mol. The molecule has 1 N–H and O–H groups in total. The third-order valence-electron chi connectivity index (χ3n) is 3.16. The molecule has 0 radical (unpaired) electrons. The van der Waals surface area contributed by atoms with E-state index in [1.807, 2.05) is 6.92 Å². The van der Waals surface area contributed by atoms with E-state index in [1.165, 1.54) is 16.7 Å². The van der Waals surface area contributed by atoms with Crippen LogP contribution in [0.4, 0.5) is 0 Å². The summed E-state index contributed by atoms with van der Waals surface area (Å²) in [5, 5.41) is 8.96. The molecule has 6 nitrogen and oxygen atoms in total. The lowest BCUT2D eigenvalue weighted by molar-refractivity contribution is -0.139. The number of thiocarbonyl (C=S) groups is 1. The second kappa shape index (κ2) is 8.55. The van der Waals surface area contributed by atoms with E-state index >= 15 is 0 Å². The van der Waals surface area contributed by atoms with Gasteiger partial charge in [-0.2, -0.15) is 0 Å². The van der Waals surface area contributed by atoms with Gasteiger partial charge in [-0.3, -0.25) is 9.69 Å². The Bertz CT molecular complexity index is 750. The zero-order valence-corrected chi connectivity index (χ0v) is 16.0. The summed E-state index contributed by atoms with van der Waals surface area (Å²) in [7, 11) is 0. The summed E-state index contributed by atoms with van der Waals surface area (Å²) < 4.78 is 11.2. The van der Waals surface area contributed by atoms with Gasteiger partial charge in [-0.1, -0.05) is 35.6 Å². The van der Waals surface area contributed by atoms with Gasteiger partial charge < -0.3 is 14.6 Å². The molecule has 1 aromatic rings. The number of carboxylic acid groups (broad SMARTS) is 1. The molecule has 0 unspecified atom stereocenters. The maximum atomic E-state index is 12.3. The molecule has 0 bridgehead atoms. The van der Waals surface area contributed by atoms with Crippen LogP contribution in [-0.4, -0.2) is 46.0 Å². The van der Waals surface area contributed by atoms with Crippen LogP contribution in [0.1, 0.15) is 19.4 Å². The monoisotopic (exact) mass is 401 g/mol. The molecule has 1 aliphatic rings. The molecule has 9 heteroatoms. The quantitative estimate of drug-likeness (QED) is 0.554. The Kier molecular flexibility index (Phi) is 6.69. The highest BCUT2D eigenvalue weighted by Crippen LogP contribution is 2.39. The van der Waals surface area contributed by atoms with E-state index < -0.39 is 12.6 Å². The van der Waals surface area contributed by atoms with Crippen molar-refractivity contribution in [3.63, 3.8) is 0 Å². The Morgan fingerprint density at radius 2 is 2.12 bits per heavy atom. The van der Waals surface area contributed by atoms with Crippen molar-refractivity contribution in [3.05, 3.63) is 27.6 Å². The number of carboxylic acids is 1. The Morgan fingerprint density at radius 3 is 2.68 bits per heavy atom. The van der Waals surface area contributed by atoms with Crippen LogP contribution >= 0.6 is 35.6 Å². The van der Waals surface area contributed by atoms with Crippen molar-refractivity contribution in [2.45, 2.75) is 13.8 Å². The van der Waals surface area contributed by atoms with Gasteiger partial charge in [0.2, 0.25) is 0 Å². The van der Waals surface area contributed by atoms with Gasteiger partial charge in [0.05, 0.1) is 16.5 Å².